The Morgan fingerprint density at radius 1 is 1.27 bits per heavy atom. The summed E-state index contributed by atoms with van der Waals surface area (Å²) in [6.45, 7) is 8.54. The minimum Gasteiger partial charge on any atom is -0.235 e. The molecule has 0 aliphatic carbocycles. The molecule has 0 fully saturated rings. The molecule has 0 N–H and O–H groups in total. The standard InChI is InChI=1S/C8H16N3/c1-7(2)10-5-9-11(6-10)8(3)4/h5-8H,1-4H3/q+1. The predicted molar refractivity (Wildman–Crippen MR) is 43.2 cm³/mol. The average molecular weight is 154 g/mol. The van der Waals surface area contributed by atoms with Gasteiger partial charge in [0, 0.05) is 5.10 Å². The van der Waals surface area contributed by atoms with Gasteiger partial charge in [-0.3, -0.25) is 0 Å². The van der Waals surface area contributed by atoms with E-state index in [-0.39, 0.29) is 0 Å². The second kappa shape index (κ2) is 3.03. The van der Waals surface area contributed by atoms with Crippen LogP contribution in [0.15, 0.2) is 12.7 Å². The number of rotatable bonds is 2. The zero-order valence-electron chi connectivity index (χ0n) is 7.65. The Morgan fingerprint density at radius 2 is 1.91 bits per heavy atom. The fourth-order valence-electron chi connectivity index (χ4n) is 0.849. The van der Waals surface area contributed by atoms with Crippen molar-refractivity contribution in [1.82, 2.24) is 9.78 Å². The molecule has 0 amide bonds. The van der Waals surface area contributed by atoms with Gasteiger partial charge >= 0.3 is 0 Å². The van der Waals surface area contributed by atoms with E-state index in [1.54, 1.807) is 0 Å². The van der Waals surface area contributed by atoms with Crippen LogP contribution < -0.4 is 4.57 Å². The molecule has 0 atom stereocenters. The second-order valence-corrected chi connectivity index (χ2v) is 3.36. The van der Waals surface area contributed by atoms with Gasteiger partial charge in [-0.25, -0.2) is 4.57 Å². The summed E-state index contributed by atoms with van der Waals surface area (Å²) < 4.78 is 4.06. The van der Waals surface area contributed by atoms with Crippen LogP contribution in [0, 0.1) is 0 Å². The lowest BCUT2D eigenvalue weighted by Gasteiger charge is -1.98. The summed E-state index contributed by atoms with van der Waals surface area (Å²) in [5, 5.41) is 4.22. The topological polar surface area (TPSA) is 21.7 Å². The Kier molecular flexibility index (Phi) is 2.27. The van der Waals surface area contributed by atoms with E-state index < -0.39 is 0 Å². The van der Waals surface area contributed by atoms with Crippen molar-refractivity contribution in [3.05, 3.63) is 12.7 Å². The van der Waals surface area contributed by atoms with Crippen LogP contribution in [0.25, 0.3) is 0 Å². The summed E-state index contributed by atoms with van der Waals surface area (Å²) in [5.74, 6) is 0. The first-order valence-electron chi connectivity index (χ1n) is 4.06. The van der Waals surface area contributed by atoms with E-state index in [0.717, 1.165) is 0 Å². The molecule has 0 spiro atoms. The molecule has 1 aromatic heterocycles. The molecular weight excluding hydrogens is 138 g/mol. The van der Waals surface area contributed by atoms with Crippen LogP contribution in [-0.2, 0) is 0 Å². The predicted octanol–water partition coefficient (Wildman–Crippen LogP) is 1.33. The molecule has 0 bridgehead atoms. The van der Waals surface area contributed by atoms with Crippen LogP contribution in [0.4, 0.5) is 0 Å². The molecule has 0 unspecified atom stereocenters. The lowest BCUT2D eigenvalue weighted by molar-refractivity contribution is -0.717. The lowest BCUT2D eigenvalue weighted by Crippen LogP contribution is -2.33. The van der Waals surface area contributed by atoms with Crippen molar-refractivity contribution < 1.29 is 4.57 Å². The number of hydrogen-bond acceptors (Lipinski definition) is 1. The van der Waals surface area contributed by atoms with Crippen LogP contribution in [0.3, 0.4) is 0 Å². The SMILES string of the molecule is CC(C)n1c[n+](C(C)C)cn1. The molecule has 3 heteroatoms. The van der Waals surface area contributed by atoms with Gasteiger partial charge in [-0.1, -0.05) is 0 Å². The highest BCUT2D eigenvalue weighted by atomic mass is 15.4. The van der Waals surface area contributed by atoms with Crippen LogP contribution in [-0.4, -0.2) is 9.78 Å². The molecule has 1 heterocycles. The molecule has 0 radical (unpaired) electrons. The van der Waals surface area contributed by atoms with E-state index >= 15 is 0 Å². The van der Waals surface area contributed by atoms with Crippen molar-refractivity contribution in [2.24, 2.45) is 0 Å². The van der Waals surface area contributed by atoms with Gasteiger partial charge in [0.25, 0.3) is 6.33 Å². The van der Waals surface area contributed by atoms with Crippen molar-refractivity contribution in [3.8, 4) is 0 Å². The highest BCUT2D eigenvalue weighted by Crippen LogP contribution is 1.98. The van der Waals surface area contributed by atoms with Crippen LogP contribution >= 0.6 is 0 Å². The van der Waals surface area contributed by atoms with Gasteiger partial charge in [0.2, 0.25) is 6.33 Å². The summed E-state index contributed by atoms with van der Waals surface area (Å²) in [6.07, 6.45) is 3.90. The Morgan fingerprint density at radius 3 is 2.18 bits per heavy atom. The van der Waals surface area contributed by atoms with Gasteiger partial charge in [0.15, 0.2) is 0 Å². The molecule has 0 aromatic carbocycles. The molecule has 1 rings (SSSR count). The Hall–Kier alpha value is -0.860. The molecule has 0 saturated carbocycles. The van der Waals surface area contributed by atoms with Gasteiger partial charge in [0.1, 0.15) is 6.04 Å². The van der Waals surface area contributed by atoms with E-state index in [0.29, 0.717) is 12.1 Å². The van der Waals surface area contributed by atoms with Crippen molar-refractivity contribution >= 4 is 0 Å². The zero-order chi connectivity index (χ0) is 8.43. The van der Waals surface area contributed by atoms with E-state index in [1.807, 2.05) is 17.3 Å². The largest absolute Gasteiger partial charge is 0.265 e. The summed E-state index contributed by atoms with van der Waals surface area (Å²) in [4.78, 5) is 0. The fourth-order valence-corrected chi connectivity index (χ4v) is 0.849. The average Bonchev–Trinajstić information content (AvgIpc) is 2.33. The smallest absolute Gasteiger partial charge is 0.235 e. The third-order valence-corrected chi connectivity index (χ3v) is 1.70. The summed E-state index contributed by atoms with van der Waals surface area (Å²) in [5.41, 5.74) is 0. The van der Waals surface area contributed by atoms with Crippen molar-refractivity contribution in [1.29, 1.82) is 0 Å². The van der Waals surface area contributed by atoms with Gasteiger partial charge in [-0.15, -0.1) is 4.68 Å². The van der Waals surface area contributed by atoms with Crippen molar-refractivity contribution in [2.75, 3.05) is 0 Å². The zero-order valence-corrected chi connectivity index (χ0v) is 7.65. The Bertz CT molecular complexity index is 202. The van der Waals surface area contributed by atoms with Gasteiger partial charge in [-0.2, -0.15) is 0 Å². The number of nitrogens with zero attached hydrogens (tertiary/aromatic N) is 3. The second-order valence-electron chi connectivity index (χ2n) is 3.36. The summed E-state index contributed by atoms with van der Waals surface area (Å²) in [7, 11) is 0. The molecule has 0 saturated heterocycles. The van der Waals surface area contributed by atoms with Crippen LogP contribution in [0.1, 0.15) is 39.8 Å². The van der Waals surface area contributed by atoms with Crippen molar-refractivity contribution in [2.45, 2.75) is 39.8 Å². The minimum absolute atomic E-state index is 0.454. The van der Waals surface area contributed by atoms with Gasteiger partial charge in [-0.05, 0) is 27.7 Å². The van der Waals surface area contributed by atoms with E-state index in [9.17, 15) is 0 Å². The molecule has 1 aromatic rings. The van der Waals surface area contributed by atoms with Gasteiger partial charge < -0.3 is 0 Å². The Balaban J connectivity index is 2.82. The quantitative estimate of drug-likeness (QED) is 0.589. The normalized spacial score (nSPS) is 11.5. The monoisotopic (exact) mass is 154 g/mol. The third kappa shape index (κ3) is 1.79. The van der Waals surface area contributed by atoms with E-state index in [1.165, 1.54) is 0 Å². The maximum atomic E-state index is 4.22. The fraction of sp³-hybridized carbons (Fsp3) is 0.750. The van der Waals surface area contributed by atoms with E-state index in [4.69, 9.17) is 0 Å². The van der Waals surface area contributed by atoms with Gasteiger partial charge in [0.05, 0.1) is 6.04 Å². The molecule has 3 nitrogen and oxygen atoms in total. The lowest BCUT2D eigenvalue weighted by atomic mass is 10.4. The number of aromatic nitrogens is 3. The maximum Gasteiger partial charge on any atom is 0.265 e. The minimum atomic E-state index is 0.454. The summed E-state index contributed by atoms with van der Waals surface area (Å²) >= 11 is 0. The molecule has 11 heavy (non-hydrogen) atoms. The van der Waals surface area contributed by atoms with Crippen molar-refractivity contribution in [3.63, 3.8) is 0 Å². The Labute approximate surface area is 67.7 Å². The maximum absolute atomic E-state index is 4.22. The highest BCUT2D eigenvalue weighted by molar-refractivity contribution is 4.53. The third-order valence-electron chi connectivity index (χ3n) is 1.70. The molecule has 62 valence electrons. The van der Waals surface area contributed by atoms with Crippen LogP contribution in [0.2, 0.25) is 0 Å². The highest BCUT2D eigenvalue weighted by Gasteiger charge is 2.10. The number of hydrogen-bond donors (Lipinski definition) is 0. The van der Waals surface area contributed by atoms with Crippen LogP contribution in [0.5, 0.6) is 0 Å². The first kappa shape index (κ1) is 8.24. The van der Waals surface area contributed by atoms with E-state index in [2.05, 4.69) is 37.4 Å². The molecule has 0 aliphatic heterocycles. The molecular formula is C8H16N3+. The molecule has 0 aliphatic rings. The first-order chi connectivity index (χ1) is 5.11. The first-order valence-corrected chi connectivity index (χ1v) is 4.06. The summed E-state index contributed by atoms with van der Waals surface area (Å²) in [6, 6.07) is 0.956.